The van der Waals surface area contributed by atoms with Crippen LogP contribution in [0.5, 0.6) is 0 Å². The molecule has 0 unspecified atom stereocenters. The third-order valence-electron chi connectivity index (χ3n) is 6.87. The van der Waals surface area contributed by atoms with Crippen molar-refractivity contribution in [3.8, 4) is 0 Å². The number of hydrogen-bond donors (Lipinski definition) is 2. The molecule has 2 atom stereocenters. The molecule has 3 N–H and O–H groups in total. The van der Waals surface area contributed by atoms with Crippen molar-refractivity contribution in [1.82, 2.24) is 9.80 Å². The molecule has 178 valence electrons. The van der Waals surface area contributed by atoms with Crippen LogP contribution in [0.3, 0.4) is 0 Å². The molecule has 0 aromatic heterocycles. The van der Waals surface area contributed by atoms with E-state index in [-0.39, 0.29) is 12.3 Å². The first-order valence-electron chi connectivity index (χ1n) is 11.2. The summed E-state index contributed by atoms with van der Waals surface area (Å²) in [6.07, 6.45) is -1.40. The van der Waals surface area contributed by atoms with E-state index in [0.29, 0.717) is 31.6 Å². The Morgan fingerprint density at radius 3 is 2.21 bits per heavy atom. The van der Waals surface area contributed by atoms with Gasteiger partial charge in [0.15, 0.2) is 6.10 Å². The van der Waals surface area contributed by atoms with Gasteiger partial charge >= 0.3 is 6.09 Å². The van der Waals surface area contributed by atoms with Crippen LogP contribution in [0.25, 0.3) is 0 Å². The van der Waals surface area contributed by atoms with Gasteiger partial charge in [-0.2, -0.15) is 0 Å². The minimum atomic E-state index is -1.32. The summed E-state index contributed by atoms with van der Waals surface area (Å²) in [6.45, 7) is 0.753. The second-order valence-corrected chi connectivity index (χ2v) is 8.73. The number of hydrogen-bond acceptors (Lipinski definition) is 5. The first-order chi connectivity index (χ1) is 16.3. The zero-order valence-corrected chi connectivity index (χ0v) is 19.0. The van der Waals surface area contributed by atoms with Crippen LogP contribution in [0.1, 0.15) is 18.4 Å². The Labute approximate surface area is 197 Å². The summed E-state index contributed by atoms with van der Waals surface area (Å²) in [5.41, 5.74) is 5.82. The lowest BCUT2D eigenvalue weighted by Crippen LogP contribution is -2.58. The molecule has 2 aliphatic heterocycles. The summed E-state index contributed by atoms with van der Waals surface area (Å²) in [5, 5.41) is 2.84. The van der Waals surface area contributed by atoms with Crippen molar-refractivity contribution in [3.05, 3.63) is 66.2 Å². The maximum atomic E-state index is 13.4. The predicted octanol–water partition coefficient (Wildman–Crippen LogP) is 1.78. The van der Waals surface area contributed by atoms with Gasteiger partial charge < -0.3 is 25.6 Å². The van der Waals surface area contributed by atoms with E-state index in [1.165, 1.54) is 4.90 Å². The highest BCUT2D eigenvalue weighted by Crippen LogP contribution is 2.44. The minimum Gasteiger partial charge on any atom is -0.435 e. The molecule has 2 heterocycles. The molecule has 2 fully saturated rings. The van der Waals surface area contributed by atoms with E-state index in [2.05, 4.69) is 5.32 Å². The van der Waals surface area contributed by atoms with Crippen LogP contribution < -0.4 is 11.1 Å². The van der Waals surface area contributed by atoms with Crippen molar-refractivity contribution in [2.24, 2.45) is 11.7 Å². The Balaban J connectivity index is 1.55. The third-order valence-corrected chi connectivity index (χ3v) is 6.87. The maximum Gasteiger partial charge on any atom is 0.405 e. The van der Waals surface area contributed by atoms with Gasteiger partial charge in [0.2, 0.25) is 11.8 Å². The van der Waals surface area contributed by atoms with Crippen molar-refractivity contribution in [2.45, 2.75) is 30.9 Å². The van der Waals surface area contributed by atoms with Crippen molar-refractivity contribution < 1.29 is 23.9 Å². The molecule has 4 amide bonds. The highest BCUT2D eigenvalue weighted by atomic mass is 16.6. The second kappa shape index (κ2) is 9.54. The van der Waals surface area contributed by atoms with Crippen molar-refractivity contribution in [1.29, 1.82) is 0 Å². The van der Waals surface area contributed by atoms with E-state index in [1.807, 2.05) is 36.4 Å². The minimum absolute atomic E-state index is 0.0109. The Bertz CT molecular complexity index is 1070. The molecule has 2 aromatic carbocycles. The number of likely N-dealkylation sites (tertiary alicyclic amines) is 2. The molecule has 9 heteroatoms. The lowest BCUT2D eigenvalue weighted by Gasteiger charge is -2.46. The number of para-hydroxylation sites is 1. The van der Waals surface area contributed by atoms with Crippen LogP contribution in [-0.2, 0) is 25.5 Å². The maximum absolute atomic E-state index is 13.4. The average molecular weight is 465 g/mol. The van der Waals surface area contributed by atoms with Gasteiger partial charge in [0.1, 0.15) is 5.92 Å². The van der Waals surface area contributed by atoms with Gasteiger partial charge in [-0.1, -0.05) is 48.5 Å². The highest BCUT2D eigenvalue weighted by molar-refractivity contribution is 6.01. The zero-order valence-electron chi connectivity index (χ0n) is 19.0. The summed E-state index contributed by atoms with van der Waals surface area (Å²) in [6, 6.07) is 18.4. The number of carbonyl (C=O) groups excluding carboxylic acids is 4. The topological polar surface area (TPSA) is 122 Å². The van der Waals surface area contributed by atoms with E-state index in [0.717, 1.165) is 5.56 Å². The summed E-state index contributed by atoms with van der Waals surface area (Å²) in [7, 11) is 1.61. The lowest BCUT2D eigenvalue weighted by atomic mass is 9.75. The fourth-order valence-corrected chi connectivity index (χ4v) is 5.08. The quantitative estimate of drug-likeness (QED) is 0.699. The Morgan fingerprint density at radius 1 is 1.03 bits per heavy atom. The lowest BCUT2D eigenvalue weighted by molar-refractivity contribution is -0.137. The molecule has 9 nitrogen and oxygen atoms in total. The third kappa shape index (κ3) is 4.46. The molecule has 2 aliphatic rings. The van der Waals surface area contributed by atoms with Crippen molar-refractivity contribution in [2.75, 3.05) is 25.5 Å². The normalized spacial score (nSPS) is 21.4. The Hall–Kier alpha value is -3.88. The fourth-order valence-electron chi connectivity index (χ4n) is 5.08. The Morgan fingerprint density at radius 2 is 1.62 bits per heavy atom. The average Bonchev–Trinajstić information content (AvgIpc) is 3.02. The predicted molar refractivity (Wildman–Crippen MR) is 124 cm³/mol. The number of likely N-dealkylation sites (N-methyl/N-ethyl adjacent to an activating group) is 1. The van der Waals surface area contributed by atoms with E-state index in [4.69, 9.17) is 10.5 Å². The van der Waals surface area contributed by atoms with Gasteiger partial charge in [0.25, 0.3) is 5.91 Å². The van der Waals surface area contributed by atoms with Gasteiger partial charge in [-0.15, -0.1) is 0 Å². The van der Waals surface area contributed by atoms with Gasteiger partial charge in [-0.25, -0.2) is 4.79 Å². The first kappa shape index (κ1) is 23.3. The van der Waals surface area contributed by atoms with Crippen LogP contribution in [0.4, 0.5) is 10.5 Å². The van der Waals surface area contributed by atoms with E-state index in [1.54, 1.807) is 36.2 Å². The monoisotopic (exact) mass is 464 g/mol. The van der Waals surface area contributed by atoms with Gasteiger partial charge in [-0.05, 0) is 30.5 Å². The van der Waals surface area contributed by atoms with E-state index in [9.17, 15) is 19.2 Å². The summed E-state index contributed by atoms with van der Waals surface area (Å²) < 4.78 is 5.15. The zero-order chi connectivity index (χ0) is 24.3. The molecule has 2 aromatic rings. The number of ether oxygens (including phenoxy) is 1. The molecular weight excluding hydrogens is 436 g/mol. The number of amides is 4. The molecule has 0 radical (unpaired) electrons. The van der Waals surface area contributed by atoms with E-state index < -0.39 is 35.5 Å². The number of nitrogens with one attached hydrogen (secondary N) is 1. The molecule has 2 saturated heterocycles. The number of nitrogens with zero attached hydrogens (tertiary/aromatic N) is 2. The van der Waals surface area contributed by atoms with Crippen molar-refractivity contribution >= 4 is 29.5 Å². The fraction of sp³-hybridized carbons (Fsp3) is 0.360. The summed E-state index contributed by atoms with van der Waals surface area (Å²) in [4.78, 5) is 54.2. The highest BCUT2D eigenvalue weighted by Gasteiger charge is 2.62. The number of nitrogens with two attached hydrogens (primary N) is 1. The Kier molecular flexibility index (Phi) is 6.54. The number of rotatable bonds is 5. The molecule has 0 aliphatic carbocycles. The van der Waals surface area contributed by atoms with Crippen LogP contribution in [-0.4, -0.2) is 65.4 Å². The van der Waals surface area contributed by atoms with Crippen LogP contribution in [0.2, 0.25) is 0 Å². The molecular formula is C25H28N4O5. The number of benzene rings is 2. The molecule has 0 saturated carbocycles. The van der Waals surface area contributed by atoms with Crippen LogP contribution >= 0.6 is 0 Å². The van der Waals surface area contributed by atoms with Gasteiger partial charge in [-0.3, -0.25) is 14.4 Å². The molecule has 1 spiro atoms. The largest absolute Gasteiger partial charge is 0.435 e. The molecule has 0 bridgehead atoms. The van der Waals surface area contributed by atoms with Crippen LogP contribution in [0, 0.1) is 5.92 Å². The standard InChI is InChI=1S/C25H28N4O5/c1-28-23(32)21(34-24(26)33)20(22(31)27-18-10-6-3-7-11-18)25(28)12-14-29(15-13-25)19(30)16-17-8-4-2-5-9-17/h2-11,20-21H,12-16H2,1H3,(H2,26,33)(H,27,31)/t20-,21+/m0/s1. The second-order valence-electron chi connectivity index (χ2n) is 8.73. The van der Waals surface area contributed by atoms with E-state index >= 15 is 0 Å². The van der Waals surface area contributed by atoms with Gasteiger partial charge in [0, 0.05) is 25.8 Å². The van der Waals surface area contributed by atoms with Crippen LogP contribution in [0.15, 0.2) is 60.7 Å². The number of piperidine rings is 1. The molecule has 4 rings (SSSR count). The van der Waals surface area contributed by atoms with Gasteiger partial charge in [0.05, 0.1) is 12.0 Å². The smallest absolute Gasteiger partial charge is 0.405 e. The van der Waals surface area contributed by atoms with Crippen molar-refractivity contribution in [3.63, 3.8) is 0 Å². The summed E-state index contributed by atoms with van der Waals surface area (Å²) in [5.74, 6) is -1.89. The number of carbonyl (C=O) groups is 4. The number of anilines is 1. The summed E-state index contributed by atoms with van der Waals surface area (Å²) >= 11 is 0. The SMILES string of the molecule is CN1C(=O)[C@H](OC(N)=O)[C@@H](C(=O)Nc2ccccc2)C12CCN(C(=O)Cc1ccccc1)CC2. The first-order valence-corrected chi connectivity index (χ1v) is 11.2. The number of primary amides is 1. The molecule has 34 heavy (non-hydrogen) atoms.